The Morgan fingerprint density at radius 1 is 0.842 bits per heavy atom. The van der Waals surface area contributed by atoms with Crippen molar-refractivity contribution >= 4 is 8.32 Å². The maximum absolute atomic E-state index is 10.2. The minimum absolute atomic E-state index is 0. The second-order valence-electron chi connectivity index (χ2n) is 5.05. The molecule has 0 aromatic heterocycles. The van der Waals surface area contributed by atoms with Crippen LogP contribution in [0.5, 0.6) is 0 Å². The fourth-order valence-electron chi connectivity index (χ4n) is 1.77. The predicted molar refractivity (Wildman–Crippen MR) is 82.4 cm³/mol. The summed E-state index contributed by atoms with van der Waals surface area (Å²) in [6.07, 6.45) is 3.47. The molecule has 120 valence electrons. The first-order valence-electron chi connectivity index (χ1n) is 6.78. The van der Waals surface area contributed by atoms with Crippen molar-refractivity contribution in [3.8, 4) is 0 Å². The van der Waals surface area contributed by atoms with Crippen molar-refractivity contribution in [2.75, 3.05) is 6.61 Å². The summed E-state index contributed by atoms with van der Waals surface area (Å²) in [4.78, 5) is 10.2. The molecule has 0 bridgehead atoms. The van der Waals surface area contributed by atoms with E-state index >= 15 is 0 Å². The van der Waals surface area contributed by atoms with E-state index in [-0.39, 0.29) is 37.2 Å². The van der Waals surface area contributed by atoms with Gasteiger partial charge in [0.1, 0.15) is 0 Å². The fraction of sp³-hybridized carbons (Fsp3) is 1.00. The molecular formula is C13H36O4SiZr. The standard InChI is InChI=1S/C9H22OSi.C4H10O.2H2O.Zr/c1-4-7-11(10,8-5-2)9-6-3;1-4(2)3-5;;;/h10H,4-9H2,1-3H3;4-5H,3H2,1-2H3;2*1H2;. The molecule has 0 rings (SSSR count). The number of aliphatic hydroxyl groups is 1. The Bertz CT molecular complexity index is 132. The van der Waals surface area contributed by atoms with Crippen molar-refractivity contribution < 1.29 is 47.1 Å². The summed E-state index contributed by atoms with van der Waals surface area (Å²) < 4.78 is 0. The SMILES string of the molecule is CC(C)CO.CCC[Si](O)(CCC)CCC.O.O.[Zr]. The molecule has 0 aromatic carbocycles. The van der Waals surface area contributed by atoms with Crippen molar-refractivity contribution in [1.82, 2.24) is 0 Å². The van der Waals surface area contributed by atoms with Gasteiger partial charge >= 0.3 is 0 Å². The van der Waals surface area contributed by atoms with E-state index in [2.05, 4.69) is 20.8 Å². The van der Waals surface area contributed by atoms with E-state index in [1.807, 2.05) is 13.8 Å². The van der Waals surface area contributed by atoms with Gasteiger partial charge in [-0.05, 0) is 24.1 Å². The Kier molecular flexibility index (Phi) is 35.8. The molecule has 0 amide bonds. The van der Waals surface area contributed by atoms with Gasteiger partial charge in [-0.3, -0.25) is 0 Å². The van der Waals surface area contributed by atoms with E-state index in [0.29, 0.717) is 12.5 Å². The smallest absolute Gasteiger partial charge is 0.188 e. The van der Waals surface area contributed by atoms with Gasteiger partial charge in [0.15, 0.2) is 8.32 Å². The molecule has 0 saturated heterocycles. The van der Waals surface area contributed by atoms with Crippen LogP contribution in [0.4, 0.5) is 0 Å². The topological polar surface area (TPSA) is 103 Å². The number of aliphatic hydroxyl groups excluding tert-OH is 1. The quantitative estimate of drug-likeness (QED) is 0.665. The molecule has 0 atom stereocenters. The van der Waals surface area contributed by atoms with Crippen molar-refractivity contribution in [1.29, 1.82) is 0 Å². The van der Waals surface area contributed by atoms with Gasteiger partial charge in [-0.2, -0.15) is 0 Å². The van der Waals surface area contributed by atoms with Gasteiger partial charge < -0.3 is 20.9 Å². The molecule has 19 heavy (non-hydrogen) atoms. The molecule has 0 radical (unpaired) electrons. The van der Waals surface area contributed by atoms with Crippen LogP contribution in [0.15, 0.2) is 0 Å². The van der Waals surface area contributed by atoms with E-state index in [0.717, 1.165) is 37.4 Å². The zero-order valence-corrected chi connectivity index (χ0v) is 16.9. The molecule has 6 heteroatoms. The summed E-state index contributed by atoms with van der Waals surface area (Å²) in [6.45, 7) is 10.8. The van der Waals surface area contributed by atoms with Gasteiger partial charge in [0.25, 0.3) is 0 Å². The summed E-state index contributed by atoms with van der Waals surface area (Å²) in [5.74, 6) is 0.440. The zero-order chi connectivity index (χ0) is 13.0. The average molecular weight is 376 g/mol. The van der Waals surface area contributed by atoms with Crippen LogP contribution in [0.25, 0.3) is 0 Å². The number of hydrogen-bond donors (Lipinski definition) is 2. The van der Waals surface area contributed by atoms with E-state index < -0.39 is 8.32 Å². The minimum Gasteiger partial charge on any atom is -0.432 e. The third-order valence-corrected chi connectivity index (χ3v) is 6.80. The van der Waals surface area contributed by atoms with Gasteiger partial charge in [0.2, 0.25) is 0 Å². The molecule has 4 nitrogen and oxygen atoms in total. The van der Waals surface area contributed by atoms with Crippen LogP contribution in [0.1, 0.15) is 53.9 Å². The first-order valence-corrected chi connectivity index (χ1v) is 9.35. The normalized spacial score (nSPS) is 9.47. The van der Waals surface area contributed by atoms with Crippen LogP contribution in [0.2, 0.25) is 18.1 Å². The summed E-state index contributed by atoms with van der Waals surface area (Å²) in [5.41, 5.74) is 0. The number of rotatable bonds is 7. The average Bonchev–Trinajstić information content (AvgIpc) is 2.19. The first-order chi connectivity index (χ1) is 7.45. The van der Waals surface area contributed by atoms with Crippen LogP contribution < -0.4 is 0 Å². The summed E-state index contributed by atoms with van der Waals surface area (Å²) in [7, 11) is -1.75. The van der Waals surface area contributed by atoms with Crippen LogP contribution in [-0.2, 0) is 26.2 Å². The van der Waals surface area contributed by atoms with Gasteiger partial charge in [-0.1, -0.05) is 53.9 Å². The molecule has 0 saturated carbocycles. The molecule has 0 fully saturated rings. The molecule has 0 aliphatic carbocycles. The summed E-state index contributed by atoms with van der Waals surface area (Å²) in [5, 5.41) is 8.14. The Morgan fingerprint density at radius 2 is 1.05 bits per heavy atom. The molecule has 0 aliphatic heterocycles. The molecule has 0 aliphatic rings. The molecule has 0 unspecified atom stereocenters. The summed E-state index contributed by atoms with van der Waals surface area (Å²) >= 11 is 0. The van der Waals surface area contributed by atoms with Crippen molar-refractivity contribution in [2.45, 2.75) is 72.0 Å². The second kappa shape index (κ2) is 21.2. The molecule has 0 aromatic rings. The molecular weight excluding hydrogens is 339 g/mol. The zero-order valence-electron chi connectivity index (χ0n) is 13.4. The van der Waals surface area contributed by atoms with Crippen LogP contribution in [-0.4, -0.2) is 35.8 Å². The molecule has 0 heterocycles. The Hall–Kier alpha value is 0.940. The van der Waals surface area contributed by atoms with E-state index in [1.165, 1.54) is 0 Å². The Balaban J connectivity index is -0.0000000717. The first kappa shape index (κ1) is 32.0. The van der Waals surface area contributed by atoms with Crippen LogP contribution >= 0.6 is 0 Å². The van der Waals surface area contributed by atoms with Crippen molar-refractivity contribution in [2.24, 2.45) is 5.92 Å². The second-order valence-corrected chi connectivity index (χ2v) is 9.00. The number of hydrogen-bond acceptors (Lipinski definition) is 2. The van der Waals surface area contributed by atoms with Gasteiger partial charge in [0.05, 0.1) is 0 Å². The summed E-state index contributed by atoms with van der Waals surface area (Å²) in [6, 6.07) is 3.32. The van der Waals surface area contributed by atoms with E-state index in [1.54, 1.807) is 0 Å². The Labute approximate surface area is 139 Å². The van der Waals surface area contributed by atoms with Crippen LogP contribution in [0, 0.1) is 5.92 Å². The van der Waals surface area contributed by atoms with Crippen molar-refractivity contribution in [3.05, 3.63) is 0 Å². The van der Waals surface area contributed by atoms with E-state index in [4.69, 9.17) is 5.11 Å². The Morgan fingerprint density at radius 3 is 1.16 bits per heavy atom. The maximum Gasteiger partial charge on any atom is 0.188 e. The maximum atomic E-state index is 10.2. The van der Waals surface area contributed by atoms with Crippen molar-refractivity contribution in [3.63, 3.8) is 0 Å². The van der Waals surface area contributed by atoms with Crippen LogP contribution in [0.3, 0.4) is 0 Å². The van der Waals surface area contributed by atoms with Gasteiger partial charge in [0, 0.05) is 32.8 Å². The van der Waals surface area contributed by atoms with E-state index in [9.17, 15) is 4.80 Å². The largest absolute Gasteiger partial charge is 0.432 e. The van der Waals surface area contributed by atoms with Gasteiger partial charge in [-0.15, -0.1) is 0 Å². The molecule has 6 N–H and O–H groups in total. The third kappa shape index (κ3) is 24.4. The third-order valence-electron chi connectivity index (χ3n) is 2.51. The predicted octanol–water partition coefficient (Wildman–Crippen LogP) is 2.14. The van der Waals surface area contributed by atoms with Gasteiger partial charge in [-0.25, -0.2) is 0 Å². The monoisotopic (exact) mass is 374 g/mol. The molecule has 0 spiro atoms. The fourth-order valence-corrected chi connectivity index (χ4v) is 5.31. The minimum atomic E-state index is -1.75.